The molecule has 8 heteroatoms. The summed E-state index contributed by atoms with van der Waals surface area (Å²) in [6.07, 6.45) is 0.800. The summed E-state index contributed by atoms with van der Waals surface area (Å²) in [5.41, 5.74) is -0.676. The van der Waals surface area contributed by atoms with Gasteiger partial charge in [-0.25, -0.2) is 13.1 Å². The predicted molar refractivity (Wildman–Crippen MR) is 101 cm³/mol. The molecular weight excluding hydrogens is 382 g/mol. The Morgan fingerprint density at radius 1 is 1.21 bits per heavy atom. The van der Waals surface area contributed by atoms with Crippen LogP contribution in [0.3, 0.4) is 0 Å². The molecule has 0 radical (unpaired) electrons. The number of hydrogen-bond donors (Lipinski definition) is 2. The summed E-state index contributed by atoms with van der Waals surface area (Å²) >= 11 is 4.13. The standard InChI is InChI=1S/C16H17NO3S4/c1-2-13-5-6-15(23-13)24(19,20)17-11-16(18,12-7-9-21-10-12)14-4-3-8-22-14/h3-10,17-18H,2,11H2,1H3. The molecule has 0 spiro atoms. The van der Waals surface area contributed by atoms with Crippen molar-refractivity contribution in [2.24, 2.45) is 0 Å². The van der Waals surface area contributed by atoms with Gasteiger partial charge in [-0.05, 0) is 46.8 Å². The summed E-state index contributed by atoms with van der Waals surface area (Å²) in [6.45, 7) is 1.88. The van der Waals surface area contributed by atoms with Crippen molar-refractivity contribution in [3.63, 3.8) is 0 Å². The van der Waals surface area contributed by atoms with Crippen molar-refractivity contribution in [3.8, 4) is 0 Å². The molecule has 3 aromatic rings. The first kappa shape index (κ1) is 17.8. The molecule has 2 N–H and O–H groups in total. The number of aryl methyl sites for hydroxylation is 1. The minimum absolute atomic E-state index is 0.105. The average Bonchev–Trinajstić information content (AvgIpc) is 3.34. The lowest BCUT2D eigenvalue weighted by atomic mass is 9.95. The van der Waals surface area contributed by atoms with E-state index in [2.05, 4.69) is 4.72 Å². The molecule has 0 saturated heterocycles. The van der Waals surface area contributed by atoms with E-state index in [9.17, 15) is 13.5 Å². The van der Waals surface area contributed by atoms with Gasteiger partial charge in [0.25, 0.3) is 0 Å². The SMILES string of the molecule is CCc1ccc(S(=O)(=O)NCC(O)(c2ccsc2)c2cccs2)s1. The van der Waals surface area contributed by atoms with E-state index in [0.717, 1.165) is 11.3 Å². The summed E-state index contributed by atoms with van der Waals surface area (Å²) < 4.78 is 27.9. The maximum atomic E-state index is 12.5. The fourth-order valence-corrected chi connectivity index (χ4v) is 6.28. The van der Waals surface area contributed by atoms with Crippen LogP contribution in [0.5, 0.6) is 0 Å². The maximum absolute atomic E-state index is 12.5. The predicted octanol–water partition coefficient (Wildman–Crippen LogP) is 3.65. The molecule has 0 fully saturated rings. The highest BCUT2D eigenvalue weighted by Crippen LogP contribution is 2.34. The molecule has 4 nitrogen and oxygen atoms in total. The molecule has 3 rings (SSSR count). The number of sulfonamides is 1. The molecule has 0 aliphatic rings. The molecule has 1 atom stereocenters. The number of rotatable bonds is 7. The molecule has 0 saturated carbocycles. The van der Waals surface area contributed by atoms with Gasteiger partial charge in [-0.1, -0.05) is 13.0 Å². The van der Waals surface area contributed by atoms with Gasteiger partial charge >= 0.3 is 0 Å². The van der Waals surface area contributed by atoms with E-state index in [1.807, 2.05) is 47.3 Å². The van der Waals surface area contributed by atoms with Gasteiger partial charge in [0.1, 0.15) is 9.81 Å². The number of aliphatic hydroxyl groups is 1. The van der Waals surface area contributed by atoms with Crippen LogP contribution in [0.1, 0.15) is 22.2 Å². The smallest absolute Gasteiger partial charge is 0.250 e. The van der Waals surface area contributed by atoms with Gasteiger partial charge in [0.15, 0.2) is 0 Å². The lowest BCUT2D eigenvalue weighted by Crippen LogP contribution is -2.40. The number of nitrogens with one attached hydrogen (secondary N) is 1. The Balaban J connectivity index is 1.87. The second-order valence-corrected chi connectivity index (χ2v) is 10.1. The van der Waals surface area contributed by atoms with E-state index in [4.69, 9.17) is 0 Å². The van der Waals surface area contributed by atoms with Crippen molar-refractivity contribution in [1.29, 1.82) is 0 Å². The molecule has 0 bridgehead atoms. The number of thiophene rings is 3. The zero-order valence-electron chi connectivity index (χ0n) is 12.9. The largest absolute Gasteiger partial charge is 0.378 e. The molecule has 128 valence electrons. The zero-order valence-corrected chi connectivity index (χ0v) is 16.2. The lowest BCUT2D eigenvalue weighted by molar-refractivity contribution is 0.0903. The van der Waals surface area contributed by atoms with Crippen molar-refractivity contribution in [2.45, 2.75) is 23.2 Å². The van der Waals surface area contributed by atoms with E-state index in [1.165, 1.54) is 34.0 Å². The van der Waals surface area contributed by atoms with Crippen LogP contribution in [0.2, 0.25) is 0 Å². The summed E-state index contributed by atoms with van der Waals surface area (Å²) in [5.74, 6) is 0. The van der Waals surface area contributed by atoms with Gasteiger partial charge in [-0.2, -0.15) is 11.3 Å². The van der Waals surface area contributed by atoms with Gasteiger partial charge < -0.3 is 5.11 Å². The van der Waals surface area contributed by atoms with Crippen LogP contribution in [0.25, 0.3) is 0 Å². The Hall–Kier alpha value is -1.03. The van der Waals surface area contributed by atoms with Crippen LogP contribution >= 0.6 is 34.0 Å². The summed E-state index contributed by atoms with van der Waals surface area (Å²) in [7, 11) is -3.65. The summed E-state index contributed by atoms with van der Waals surface area (Å²) in [6, 6.07) is 8.92. The van der Waals surface area contributed by atoms with Crippen molar-refractivity contribution < 1.29 is 13.5 Å². The first-order valence-electron chi connectivity index (χ1n) is 7.33. The van der Waals surface area contributed by atoms with Gasteiger partial charge in [-0.15, -0.1) is 22.7 Å². The van der Waals surface area contributed by atoms with Gasteiger partial charge in [-0.3, -0.25) is 0 Å². The first-order valence-corrected chi connectivity index (χ1v) is 11.5. The minimum atomic E-state index is -3.65. The molecule has 24 heavy (non-hydrogen) atoms. The molecule has 3 aromatic heterocycles. The van der Waals surface area contributed by atoms with Crippen LogP contribution in [0.15, 0.2) is 50.7 Å². The van der Waals surface area contributed by atoms with E-state index < -0.39 is 15.6 Å². The van der Waals surface area contributed by atoms with Gasteiger partial charge in [0.2, 0.25) is 10.0 Å². The molecule has 1 unspecified atom stereocenters. The van der Waals surface area contributed by atoms with Crippen molar-refractivity contribution in [1.82, 2.24) is 4.72 Å². The fourth-order valence-electron chi connectivity index (χ4n) is 2.31. The Bertz CT molecular complexity index is 846. The Morgan fingerprint density at radius 3 is 2.62 bits per heavy atom. The van der Waals surface area contributed by atoms with Crippen LogP contribution in [0.4, 0.5) is 0 Å². The molecular formula is C16H17NO3S4. The Morgan fingerprint density at radius 2 is 2.04 bits per heavy atom. The Labute approximate surface area is 153 Å². The van der Waals surface area contributed by atoms with E-state index in [-0.39, 0.29) is 10.8 Å². The molecule has 0 aliphatic heterocycles. The fraction of sp³-hybridized carbons (Fsp3) is 0.250. The van der Waals surface area contributed by atoms with E-state index >= 15 is 0 Å². The highest BCUT2D eigenvalue weighted by Gasteiger charge is 2.35. The second-order valence-electron chi connectivity index (χ2n) is 5.25. The molecule has 3 heterocycles. The van der Waals surface area contributed by atoms with Crippen molar-refractivity contribution >= 4 is 44.0 Å². The summed E-state index contributed by atoms with van der Waals surface area (Å²) in [5, 5.41) is 16.8. The quantitative estimate of drug-likeness (QED) is 0.637. The second kappa shape index (κ2) is 7.07. The zero-order chi connectivity index (χ0) is 17.2. The van der Waals surface area contributed by atoms with E-state index in [0.29, 0.717) is 10.4 Å². The number of hydrogen-bond acceptors (Lipinski definition) is 6. The Kier molecular flexibility index (Phi) is 5.24. The van der Waals surface area contributed by atoms with Crippen molar-refractivity contribution in [3.05, 3.63) is 61.8 Å². The monoisotopic (exact) mass is 399 g/mol. The van der Waals surface area contributed by atoms with Crippen molar-refractivity contribution in [2.75, 3.05) is 6.54 Å². The highest BCUT2D eigenvalue weighted by molar-refractivity contribution is 7.91. The maximum Gasteiger partial charge on any atom is 0.250 e. The van der Waals surface area contributed by atoms with Gasteiger partial charge in [0.05, 0.1) is 0 Å². The summed E-state index contributed by atoms with van der Waals surface area (Å²) in [4.78, 5) is 1.73. The normalized spacial score (nSPS) is 14.6. The molecule has 0 aliphatic carbocycles. The highest BCUT2D eigenvalue weighted by atomic mass is 32.2. The lowest BCUT2D eigenvalue weighted by Gasteiger charge is -2.26. The van der Waals surface area contributed by atoms with Crippen LogP contribution < -0.4 is 4.72 Å². The molecule has 0 aromatic carbocycles. The third-order valence-electron chi connectivity index (χ3n) is 3.70. The third kappa shape index (κ3) is 3.49. The van der Waals surface area contributed by atoms with Crippen LogP contribution in [-0.2, 0) is 22.0 Å². The minimum Gasteiger partial charge on any atom is -0.378 e. The topological polar surface area (TPSA) is 66.4 Å². The third-order valence-corrected chi connectivity index (χ3v) is 8.52. The van der Waals surface area contributed by atoms with Gasteiger partial charge in [0, 0.05) is 21.9 Å². The van der Waals surface area contributed by atoms with E-state index in [1.54, 1.807) is 6.07 Å². The first-order chi connectivity index (χ1) is 11.5. The van der Waals surface area contributed by atoms with Crippen LogP contribution in [-0.4, -0.2) is 20.1 Å². The molecule has 0 amide bonds. The van der Waals surface area contributed by atoms with Crippen LogP contribution in [0, 0.1) is 0 Å². The average molecular weight is 400 g/mol.